The van der Waals surface area contributed by atoms with E-state index in [2.05, 4.69) is 20.6 Å². The van der Waals surface area contributed by atoms with Gasteiger partial charge in [0, 0.05) is 29.7 Å². The van der Waals surface area contributed by atoms with Crippen molar-refractivity contribution in [1.29, 1.82) is 0 Å². The zero-order valence-electron chi connectivity index (χ0n) is 18.2. The van der Waals surface area contributed by atoms with Crippen LogP contribution in [0.25, 0.3) is 17.1 Å². The molecule has 166 valence electrons. The molecule has 0 atom stereocenters. The molecule has 1 amide bonds. The molecule has 0 spiro atoms. The molecule has 0 radical (unpaired) electrons. The Bertz CT molecular complexity index is 1380. The maximum atomic E-state index is 13.2. The molecule has 2 aromatic carbocycles. The van der Waals surface area contributed by atoms with Crippen LogP contribution in [-0.4, -0.2) is 37.7 Å². The maximum Gasteiger partial charge on any atom is 0.251 e. The molecule has 1 fully saturated rings. The van der Waals surface area contributed by atoms with Crippen LogP contribution in [0.3, 0.4) is 0 Å². The second-order valence-electron chi connectivity index (χ2n) is 8.14. The van der Waals surface area contributed by atoms with Crippen LogP contribution in [0.15, 0.2) is 53.1 Å². The highest BCUT2D eigenvalue weighted by molar-refractivity contribution is 6.12. The third kappa shape index (κ3) is 4.00. The lowest BCUT2D eigenvalue weighted by Crippen LogP contribution is -2.25. The summed E-state index contributed by atoms with van der Waals surface area (Å²) in [7, 11) is 0. The van der Waals surface area contributed by atoms with E-state index < -0.39 is 0 Å². The lowest BCUT2D eigenvalue weighted by atomic mass is 10.0. The van der Waals surface area contributed by atoms with Crippen molar-refractivity contribution in [2.75, 3.05) is 5.73 Å². The van der Waals surface area contributed by atoms with Gasteiger partial charge < -0.3 is 15.5 Å². The largest absolute Gasteiger partial charge is 0.421 e. The van der Waals surface area contributed by atoms with Crippen LogP contribution in [0.5, 0.6) is 0 Å². The van der Waals surface area contributed by atoms with Crippen LogP contribution < -0.4 is 11.1 Å². The van der Waals surface area contributed by atoms with E-state index in [1.807, 2.05) is 13.0 Å². The molecule has 9 nitrogen and oxygen atoms in total. The molecule has 9 heteroatoms. The zero-order valence-corrected chi connectivity index (χ0v) is 18.2. The highest BCUT2D eigenvalue weighted by atomic mass is 16.4. The average Bonchev–Trinajstić information content (AvgIpc) is 3.39. The predicted octanol–water partition coefficient (Wildman–Crippen LogP) is 3.24. The van der Waals surface area contributed by atoms with Crippen molar-refractivity contribution in [3.05, 3.63) is 76.8 Å². The van der Waals surface area contributed by atoms with E-state index in [9.17, 15) is 9.59 Å². The quantitative estimate of drug-likeness (QED) is 0.439. The molecule has 0 saturated heterocycles. The summed E-state index contributed by atoms with van der Waals surface area (Å²) < 4.78 is 6.95. The number of aryl methyl sites for hydroxylation is 2. The summed E-state index contributed by atoms with van der Waals surface area (Å²) in [6.45, 7) is 3.60. The molecule has 2 aromatic heterocycles. The summed E-state index contributed by atoms with van der Waals surface area (Å²) in [5, 5.41) is 15.2. The van der Waals surface area contributed by atoms with Gasteiger partial charge in [-0.15, -0.1) is 10.2 Å². The summed E-state index contributed by atoms with van der Waals surface area (Å²) in [5.41, 5.74) is 9.71. The summed E-state index contributed by atoms with van der Waals surface area (Å²) in [4.78, 5) is 25.7. The molecule has 4 aromatic rings. The van der Waals surface area contributed by atoms with E-state index in [4.69, 9.17) is 10.2 Å². The number of carbonyl (C=O) groups excluding carboxylic acids is 2. The van der Waals surface area contributed by atoms with E-state index in [0.717, 1.165) is 18.4 Å². The van der Waals surface area contributed by atoms with Crippen LogP contribution >= 0.6 is 0 Å². The summed E-state index contributed by atoms with van der Waals surface area (Å²) >= 11 is 0. The second kappa shape index (κ2) is 8.01. The van der Waals surface area contributed by atoms with Gasteiger partial charge in [-0.05, 0) is 49.6 Å². The number of nitrogens with two attached hydrogens (primary N) is 1. The molecule has 2 heterocycles. The number of nitrogens with one attached hydrogen (secondary N) is 1. The molecule has 5 rings (SSSR count). The van der Waals surface area contributed by atoms with Gasteiger partial charge in [0.05, 0.1) is 17.4 Å². The van der Waals surface area contributed by atoms with Crippen LogP contribution in [-0.2, 0) is 0 Å². The Hall–Kier alpha value is -4.27. The fourth-order valence-electron chi connectivity index (χ4n) is 3.56. The number of carbonyl (C=O) groups is 2. The van der Waals surface area contributed by atoms with E-state index in [0.29, 0.717) is 34.2 Å². The van der Waals surface area contributed by atoms with Gasteiger partial charge in [-0.2, -0.15) is 5.10 Å². The molecule has 3 N–H and O–H groups in total. The van der Waals surface area contributed by atoms with E-state index in [-0.39, 0.29) is 29.1 Å². The normalized spacial score (nSPS) is 13.2. The number of ketones is 1. The van der Waals surface area contributed by atoms with Gasteiger partial charge in [-0.25, -0.2) is 4.68 Å². The van der Waals surface area contributed by atoms with Gasteiger partial charge in [0.2, 0.25) is 11.8 Å². The van der Waals surface area contributed by atoms with Crippen molar-refractivity contribution in [2.24, 2.45) is 0 Å². The number of benzene rings is 2. The summed E-state index contributed by atoms with van der Waals surface area (Å²) in [6.07, 6.45) is 3.46. The number of rotatable bonds is 6. The Morgan fingerprint density at radius 3 is 2.64 bits per heavy atom. The molecular weight excluding hydrogens is 420 g/mol. The van der Waals surface area contributed by atoms with Crippen LogP contribution in [0.1, 0.15) is 50.6 Å². The van der Waals surface area contributed by atoms with Gasteiger partial charge in [-0.3, -0.25) is 9.59 Å². The van der Waals surface area contributed by atoms with Gasteiger partial charge in [0.1, 0.15) is 5.82 Å². The Morgan fingerprint density at radius 2 is 1.91 bits per heavy atom. The Labute approximate surface area is 189 Å². The van der Waals surface area contributed by atoms with Gasteiger partial charge in [-0.1, -0.05) is 18.2 Å². The van der Waals surface area contributed by atoms with Crippen molar-refractivity contribution >= 4 is 17.5 Å². The molecule has 0 unspecified atom stereocenters. The monoisotopic (exact) mass is 442 g/mol. The number of hydrogen-bond acceptors (Lipinski definition) is 7. The molecule has 0 bridgehead atoms. The van der Waals surface area contributed by atoms with Gasteiger partial charge in [0.25, 0.3) is 5.91 Å². The number of nitrogens with zero attached hydrogens (tertiary/aromatic N) is 4. The molecule has 33 heavy (non-hydrogen) atoms. The molecule has 0 aliphatic heterocycles. The minimum Gasteiger partial charge on any atom is -0.421 e. The van der Waals surface area contributed by atoms with Crippen molar-refractivity contribution in [3.8, 4) is 17.1 Å². The van der Waals surface area contributed by atoms with Crippen molar-refractivity contribution in [2.45, 2.75) is 32.7 Å². The van der Waals surface area contributed by atoms with E-state index >= 15 is 0 Å². The second-order valence-corrected chi connectivity index (χ2v) is 8.14. The Kier molecular flexibility index (Phi) is 5.01. The summed E-state index contributed by atoms with van der Waals surface area (Å²) in [5.74, 6) is 0.561. The summed E-state index contributed by atoms with van der Waals surface area (Å²) in [6, 6.07) is 12.5. The van der Waals surface area contributed by atoms with Crippen molar-refractivity contribution in [3.63, 3.8) is 0 Å². The number of hydrogen-bond donors (Lipinski definition) is 2. The Morgan fingerprint density at radius 1 is 1.09 bits per heavy atom. The topological polar surface area (TPSA) is 129 Å². The molecular formula is C24H22N6O3. The smallest absolute Gasteiger partial charge is 0.251 e. The Balaban J connectivity index is 1.46. The fraction of sp³-hybridized carbons (Fsp3) is 0.208. The third-order valence-electron chi connectivity index (χ3n) is 5.56. The molecule has 1 aliphatic rings. The van der Waals surface area contributed by atoms with Gasteiger partial charge >= 0.3 is 0 Å². The molecule has 1 aliphatic carbocycles. The standard InChI is InChI=1S/C24H22N6O3/c1-13-6-7-16(23(32)27-18-8-9-18)11-20(13)30-22(25)19(12-26-30)21(31)15-4-3-5-17(10-15)24-29-28-14(2)33-24/h3-7,10-12,18H,8-9,25H2,1-2H3,(H,27,32). The van der Waals surface area contributed by atoms with Crippen LogP contribution in [0, 0.1) is 13.8 Å². The maximum absolute atomic E-state index is 13.2. The predicted molar refractivity (Wildman–Crippen MR) is 121 cm³/mol. The minimum atomic E-state index is -0.280. The first kappa shape index (κ1) is 20.6. The number of amides is 1. The number of nitrogen functional groups attached to an aromatic ring is 1. The first-order valence-electron chi connectivity index (χ1n) is 10.6. The van der Waals surface area contributed by atoms with Gasteiger partial charge in [0.15, 0.2) is 5.78 Å². The number of anilines is 1. The first-order chi connectivity index (χ1) is 15.9. The highest BCUT2D eigenvalue weighted by Gasteiger charge is 2.25. The number of aromatic nitrogens is 4. The average molecular weight is 442 g/mol. The highest BCUT2D eigenvalue weighted by Crippen LogP contribution is 2.26. The first-order valence-corrected chi connectivity index (χ1v) is 10.6. The molecule has 1 saturated carbocycles. The zero-order chi connectivity index (χ0) is 23.1. The minimum absolute atomic E-state index is 0.131. The fourth-order valence-corrected chi connectivity index (χ4v) is 3.56. The SMILES string of the molecule is Cc1nnc(-c2cccc(C(=O)c3cnn(-c4cc(C(=O)NC5CC5)ccc4C)c3N)c2)o1. The van der Waals surface area contributed by atoms with Crippen LogP contribution in [0.4, 0.5) is 5.82 Å². The lowest BCUT2D eigenvalue weighted by molar-refractivity contribution is 0.0950. The van der Waals surface area contributed by atoms with Crippen LogP contribution in [0.2, 0.25) is 0 Å². The van der Waals surface area contributed by atoms with E-state index in [1.165, 1.54) is 10.9 Å². The lowest BCUT2D eigenvalue weighted by Gasteiger charge is -2.11. The van der Waals surface area contributed by atoms with E-state index in [1.54, 1.807) is 43.3 Å². The van der Waals surface area contributed by atoms with Crippen molar-refractivity contribution < 1.29 is 14.0 Å². The third-order valence-corrected chi connectivity index (χ3v) is 5.56. The van der Waals surface area contributed by atoms with Crippen molar-refractivity contribution in [1.82, 2.24) is 25.3 Å².